The molecule has 0 radical (unpaired) electrons. The van der Waals surface area contributed by atoms with Crippen LogP contribution in [0, 0.1) is 0 Å². The van der Waals surface area contributed by atoms with Gasteiger partial charge in [0.15, 0.2) is 0 Å². The normalized spacial score (nSPS) is 14.4. The maximum absolute atomic E-state index is 14.1. The first kappa shape index (κ1) is 22.3. The number of fused-ring (bicyclic) bond motifs is 1. The summed E-state index contributed by atoms with van der Waals surface area (Å²) < 4.78 is 42.4. The third kappa shape index (κ3) is 4.23. The number of hydrogen-bond donors (Lipinski definition) is 1. The molecule has 0 saturated carbocycles. The monoisotopic (exact) mass is 455 g/mol. The van der Waals surface area contributed by atoms with Crippen LogP contribution in [-0.2, 0) is 11.0 Å². The molecule has 2 aromatic carbocycles. The molecule has 0 aliphatic carbocycles. The first-order valence-corrected chi connectivity index (χ1v) is 10.1. The molecular formula is C23H20F3N5O2. The van der Waals surface area contributed by atoms with E-state index >= 15 is 0 Å². The molecule has 0 unspecified atom stereocenters. The first-order chi connectivity index (χ1) is 15.7. The molecule has 10 heteroatoms. The summed E-state index contributed by atoms with van der Waals surface area (Å²) in [5.41, 5.74) is 4.66. The second-order valence-corrected chi connectivity index (χ2v) is 7.54. The predicted molar refractivity (Wildman–Crippen MR) is 117 cm³/mol. The Bertz CT molecular complexity index is 1250. The van der Waals surface area contributed by atoms with Crippen LogP contribution < -0.4 is 10.6 Å². The number of piperazine rings is 1. The van der Waals surface area contributed by atoms with Crippen LogP contribution in [0.3, 0.4) is 0 Å². The van der Waals surface area contributed by atoms with Crippen molar-refractivity contribution in [2.45, 2.75) is 6.18 Å². The Morgan fingerprint density at radius 2 is 1.73 bits per heavy atom. The lowest BCUT2D eigenvalue weighted by molar-refractivity contribution is -0.137. The third-order valence-electron chi connectivity index (χ3n) is 5.61. The van der Waals surface area contributed by atoms with Gasteiger partial charge in [0.1, 0.15) is 12.1 Å². The highest BCUT2D eigenvalue weighted by Gasteiger charge is 2.35. The van der Waals surface area contributed by atoms with Gasteiger partial charge in [-0.25, -0.2) is 9.97 Å². The molecule has 33 heavy (non-hydrogen) atoms. The van der Waals surface area contributed by atoms with Crippen molar-refractivity contribution >= 4 is 28.5 Å². The van der Waals surface area contributed by atoms with E-state index in [0.717, 1.165) is 6.07 Å². The van der Waals surface area contributed by atoms with E-state index in [2.05, 4.69) is 16.5 Å². The summed E-state index contributed by atoms with van der Waals surface area (Å²) in [5, 5.41) is 0.230. The van der Waals surface area contributed by atoms with Gasteiger partial charge >= 0.3 is 6.18 Å². The Kier molecular flexibility index (Phi) is 5.75. The number of primary amides is 1. The molecule has 0 atom stereocenters. The summed E-state index contributed by atoms with van der Waals surface area (Å²) in [4.78, 5) is 35.5. The molecular weight excluding hydrogens is 435 g/mol. The number of benzene rings is 2. The number of nitrogens with zero attached hydrogens (tertiary/aromatic N) is 4. The number of anilines is 1. The quantitative estimate of drug-likeness (QED) is 0.610. The number of rotatable bonds is 4. The van der Waals surface area contributed by atoms with Gasteiger partial charge in [-0.05, 0) is 35.4 Å². The summed E-state index contributed by atoms with van der Waals surface area (Å²) in [6, 6.07) is 8.21. The Morgan fingerprint density at radius 1 is 1.03 bits per heavy atom. The third-order valence-corrected chi connectivity index (χ3v) is 5.61. The maximum atomic E-state index is 14.1. The van der Waals surface area contributed by atoms with Gasteiger partial charge in [0.05, 0.1) is 11.1 Å². The summed E-state index contributed by atoms with van der Waals surface area (Å²) in [6.07, 6.45) is -2.18. The topological polar surface area (TPSA) is 92.4 Å². The smallest absolute Gasteiger partial charge is 0.366 e. The van der Waals surface area contributed by atoms with Gasteiger partial charge in [-0.2, -0.15) is 13.2 Å². The number of amides is 2. The minimum Gasteiger partial charge on any atom is -0.366 e. The summed E-state index contributed by atoms with van der Waals surface area (Å²) in [7, 11) is 0. The van der Waals surface area contributed by atoms with Crippen LogP contribution in [-0.4, -0.2) is 52.9 Å². The molecule has 3 aromatic rings. The van der Waals surface area contributed by atoms with Crippen LogP contribution in [0.4, 0.5) is 19.0 Å². The fourth-order valence-electron chi connectivity index (χ4n) is 4.00. The Balaban J connectivity index is 1.84. The lowest BCUT2D eigenvalue weighted by Gasteiger charge is -2.35. The van der Waals surface area contributed by atoms with Gasteiger partial charge in [-0.3, -0.25) is 9.59 Å². The Morgan fingerprint density at radius 3 is 2.36 bits per heavy atom. The van der Waals surface area contributed by atoms with E-state index < -0.39 is 17.6 Å². The van der Waals surface area contributed by atoms with Crippen molar-refractivity contribution in [3.8, 4) is 11.1 Å². The van der Waals surface area contributed by atoms with E-state index in [4.69, 9.17) is 5.73 Å². The van der Waals surface area contributed by atoms with E-state index in [-0.39, 0.29) is 28.0 Å². The second kappa shape index (κ2) is 8.53. The molecule has 1 aliphatic heterocycles. The SMILES string of the molecule is C=CC(=O)N1CCN(c2ncnc3cc(-c4ccccc4C(N)=O)c(C(F)(F)F)cc23)CC1. The summed E-state index contributed by atoms with van der Waals surface area (Å²) in [5.74, 6) is -0.667. The zero-order valence-electron chi connectivity index (χ0n) is 17.5. The van der Waals surface area contributed by atoms with E-state index in [0.29, 0.717) is 37.5 Å². The van der Waals surface area contributed by atoms with Crippen molar-refractivity contribution in [2.24, 2.45) is 5.73 Å². The lowest BCUT2D eigenvalue weighted by atomic mass is 9.93. The molecule has 2 heterocycles. The highest BCUT2D eigenvalue weighted by Crippen LogP contribution is 2.41. The van der Waals surface area contributed by atoms with E-state index in [1.165, 1.54) is 36.7 Å². The standard InChI is InChI=1S/C23H20F3N5O2/c1-2-20(32)30-7-9-31(10-8-30)22-17-11-18(23(24,25)26)16(12-19(17)28-13-29-22)14-5-3-4-6-15(14)21(27)33/h2-6,11-13H,1,7-10H2,(H2,27,33). The van der Waals surface area contributed by atoms with Crippen molar-refractivity contribution in [1.82, 2.24) is 14.9 Å². The molecule has 4 rings (SSSR count). The van der Waals surface area contributed by atoms with Crippen molar-refractivity contribution in [3.05, 3.63) is 66.5 Å². The molecule has 1 fully saturated rings. The van der Waals surface area contributed by atoms with Gasteiger partial charge in [-0.15, -0.1) is 0 Å². The van der Waals surface area contributed by atoms with Crippen LogP contribution in [0.5, 0.6) is 0 Å². The van der Waals surface area contributed by atoms with Crippen molar-refractivity contribution in [3.63, 3.8) is 0 Å². The fraction of sp³-hybridized carbons (Fsp3) is 0.217. The molecule has 1 aliphatic rings. The zero-order valence-corrected chi connectivity index (χ0v) is 17.5. The van der Waals surface area contributed by atoms with Crippen LogP contribution in [0.25, 0.3) is 22.0 Å². The Hall–Kier alpha value is -3.95. The zero-order chi connectivity index (χ0) is 23.8. The van der Waals surface area contributed by atoms with Gasteiger partial charge in [-0.1, -0.05) is 24.8 Å². The van der Waals surface area contributed by atoms with E-state index in [9.17, 15) is 22.8 Å². The number of aromatic nitrogens is 2. The molecule has 7 nitrogen and oxygen atoms in total. The molecule has 170 valence electrons. The lowest BCUT2D eigenvalue weighted by Crippen LogP contribution is -2.48. The van der Waals surface area contributed by atoms with Crippen molar-refractivity contribution < 1.29 is 22.8 Å². The minimum absolute atomic E-state index is 0.0142. The molecule has 2 N–H and O–H groups in total. The van der Waals surface area contributed by atoms with Crippen molar-refractivity contribution in [2.75, 3.05) is 31.1 Å². The number of hydrogen-bond acceptors (Lipinski definition) is 5. The van der Waals surface area contributed by atoms with Crippen molar-refractivity contribution in [1.29, 1.82) is 0 Å². The molecule has 0 spiro atoms. The van der Waals surface area contributed by atoms with Gasteiger partial charge in [0, 0.05) is 37.1 Å². The molecule has 1 saturated heterocycles. The predicted octanol–water partition coefficient (Wildman–Crippen LogP) is 3.25. The first-order valence-electron chi connectivity index (χ1n) is 10.1. The van der Waals surface area contributed by atoms with Gasteiger partial charge in [0.2, 0.25) is 11.8 Å². The summed E-state index contributed by atoms with van der Waals surface area (Å²) >= 11 is 0. The average molecular weight is 455 g/mol. The Labute approximate surface area is 187 Å². The largest absolute Gasteiger partial charge is 0.417 e. The number of nitrogens with two attached hydrogens (primary N) is 1. The fourth-order valence-corrected chi connectivity index (χ4v) is 4.00. The highest BCUT2D eigenvalue weighted by atomic mass is 19.4. The van der Waals surface area contributed by atoms with Crippen LogP contribution in [0.1, 0.15) is 15.9 Å². The number of alkyl halides is 3. The van der Waals surface area contributed by atoms with E-state index in [1.54, 1.807) is 11.0 Å². The number of carbonyl (C=O) groups excluding carboxylic acids is 2. The second-order valence-electron chi connectivity index (χ2n) is 7.54. The van der Waals surface area contributed by atoms with Crippen LogP contribution >= 0.6 is 0 Å². The molecule has 1 aromatic heterocycles. The van der Waals surface area contributed by atoms with Gasteiger partial charge < -0.3 is 15.5 Å². The van der Waals surface area contributed by atoms with E-state index in [1.807, 2.05) is 4.90 Å². The highest BCUT2D eigenvalue weighted by molar-refractivity contribution is 6.02. The van der Waals surface area contributed by atoms with Gasteiger partial charge in [0.25, 0.3) is 0 Å². The number of halogens is 3. The average Bonchev–Trinajstić information content (AvgIpc) is 2.81. The molecule has 0 bridgehead atoms. The minimum atomic E-state index is -4.70. The molecule has 2 amide bonds. The van der Waals surface area contributed by atoms with Crippen LogP contribution in [0.2, 0.25) is 0 Å². The van der Waals surface area contributed by atoms with Crippen LogP contribution in [0.15, 0.2) is 55.4 Å². The summed E-state index contributed by atoms with van der Waals surface area (Å²) in [6.45, 7) is 5.07. The number of carbonyl (C=O) groups is 2. The maximum Gasteiger partial charge on any atom is 0.417 e.